The van der Waals surface area contributed by atoms with Gasteiger partial charge in [-0.15, -0.1) is 0 Å². The normalized spacial score (nSPS) is 20.1. The molecule has 1 aliphatic rings. The van der Waals surface area contributed by atoms with Gasteiger partial charge in [-0.25, -0.2) is 9.97 Å². The Kier molecular flexibility index (Phi) is 2.74. The monoisotopic (exact) mass is 291 g/mol. The van der Waals surface area contributed by atoms with Gasteiger partial charge in [-0.1, -0.05) is 28.1 Å². The van der Waals surface area contributed by atoms with Gasteiger partial charge in [0.15, 0.2) is 5.82 Å². The van der Waals surface area contributed by atoms with Crippen molar-refractivity contribution in [3.05, 3.63) is 30.0 Å². The number of aromatic nitrogens is 2. The molecule has 1 fully saturated rings. The molecule has 1 atom stereocenters. The molecule has 4 heteroatoms. The molecule has 2 heterocycles. The van der Waals surface area contributed by atoms with E-state index in [1.165, 1.54) is 6.42 Å². The molecular weight excluding hydrogens is 278 g/mol. The van der Waals surface area contributed by atoms with E-state index in [0.717, 1.165) is 35.6 Å². The number of hydrogen-bond donors (Lipinski definition) is 0. The van der Waals surface area contributed by atoms with Gasteiger partial charge in [-0.05, 0) is 25.5 Å². The van der Waals surface area contributed by atoms with Crippen molar-refractivity contribution in [2.24, 2.45) is 0 Å². The van der Waals surface area contributed by atoms with Crippen LogP contribution >= 0.6 is 15.9 Å². The molecule has 0 amide bonds. The van der Waals surface area contributed by atoms with E-state index in [1.54, 1.807) is 0 Å². The molecule has 3 rings (SSSR count). The number of rotatable bonds is 1. The number of para-hydroxylation sites is 2. The fourth-order valence-electron chi connectivity index (χ4n) is 2.29. The third-order valence-corrected chi connectivity index (χ3v) is 3.90. The lowest BCUT2D eigenvalue weighted by atomic mass is 10.3. The number of benzene rings is 1. The van der Waals surface area contributed by atoms with Crippen LogP contribution in [0.1, 0.15) is 12.1 Å². The highest BCUT2D eigenvalue weighted by Gasteiger charge is 2.23. The Hall–Kier alpha value is -1.16. The third kappa shape index (κ3) is 2.02. The minimum atomic E-state index is 0.579. The number of fused-ring (bicyclic) bond motifs is 1. The summed E-state index contributed by atoms with van der Waals surface area (Å²) in [7, 11) is 0. The van der Waals surface area contributed by atoms with Crippen LogP contribution in [0.25, 0.3) is 11.0 Å². The first kappa shape index (κ1) is 11.0. The summed E-state index contributed by atoms with van der Waals surface area (Å²) in [6.45, 7) is 4.12. The van der Waals surface area contributed by atoms with Crippen LogP contribution in [0.3, 0.4) is 0 Å². The molecule has 0 radical (unpaired) electrons. The molecule has 1 aromatic heterocycles. The fraction of sp³-hybridized carbons (Fsp3) is 0.385. The van der Waals surface area contributed by atoms with E-state index < -0.39 is 0 Å². The first-order chi connectivity index (χ1) is 8.24. The minimum absolute atomic E-state index is 0.579. The maximum absolute atomic E-state index is 4.73. The van der Waals surface area contributed by atoms with Crippen LogP contribution in [-0.2, 0) is 0 Å². The van der Waals surface area contributed by atoms with Crippen LogP contribution in [0.15, 0.2) is 24.3 Å². The highest BCUT2D eigenvalue weighted by Crippen LogP contribution is 2.25. The third-order valence-electron chi connectivity index (χ3n) is 3.15. The van der Waals surface area contributed by atoms with Crippen molar-refractivity contribution >= 4 is 32.8 Å². The highest BCUT2D eigenvalue weighted by atomic mass is 79.9. The van der Waals surface area contributed by atoms with Gasteiger partial charge >= 0.3 is 0 Å². The molecule has 1 saturated heterocycles. The predicted octanol–water partition coefficient (Wildman–Crippen LogP) is 2.91. The largest absolute Gasteiger partial charge is 0.354 e. The first-order valence-corrected chi connectivity index (χ1v) is 6.78. The van der Waals surface area contributed by atoms with Crippen molar-refractivity contribution in [2.75, 3.05) is 18.0 Å². The van der Waals surface area contributed by atoms with Crippen LogP contribution in [0, 0.1) is 6.92 Å². The quantitative estimate of drug-likeness (QED) is 0.757. The van der Waals surface area contributed by atoms with Crippen LogP contribution in [-0.4, -0.2) is 27.9 Å². The van der Waals surface area contributed by atoms with E-state index in [9.17, 15) is 0 Å². The maximum atomic E-state index is 4.73. The van der Waals surface area contributed by atoms with Crippen molar-refractivity contribution in [1.82, 2.24) is 9.97 Å². The Morgan fingerprint density at radius 3 is 2.59 bits per heavy atom. The van der Waals surface area contributed by atoms with Crippen LogP contribution in [0.5, 0.6) is 0 Å². The van der Waals surface area contributed by atoms with Crippen molar-refractivity contribution in [3.63, 3.8) is 0 Å². The molecule has 0 N–H and O–H groups in total. The Morgan fingerprint density at radius 1 is 1.24 bits per heavy atom. The summed E-state index contributed by atoms with van der Waals surface area (Å²) in [5.41, 5.74) is 2.97. The van der Waals surface area contributed by atoms with Gasteiger partial charge in [0, 0.05) is 17.9 Å². The second kappa shape index (κ2) is 4.26. The van der Waals surface area contributed by atoms with Crippen molar-refractivity contribution in [1.29, 1.82) is 0 Å². The minimum Gasteiger partial charge on any atom is -0.354 e. The second-order valence-electron chi connectivity index (χ2n) is 4.45. The smallest absolute Gasteiger partial charge is 0.150 e. The lowest BCUT2D eigenvalue weighted by molar-refractivity contribution is 0.923. The summed E-state index contributed by atoms with van der Waals surface area (Å²) in [6, 6.07) is 8.04. The topological polar surface area (TPSA) is 29.0 Å². The molecule has 1 aromatic carbocycles. The summed E-state index contributed by atoms with van der Waals surface area (Å²) in [4.78, 5) is 12.3. The zero-order valence-electron chi connectivity index (χ0n) is 9.73. The summed E-state index contributed by atoms with van der Waals surface area (Å²) in [5.74, 6) is 1.03. The molecular formula is C13H14BrN3. The summed E-state index contributed by atoms with van der Waals surface area (Å²) in [5, 5.41) is 0. The van der Waals surface area contributed by atoms with Crippen LogP contribution in [0.2, 0.25) is 0 Å². The van der Waals surface area contributed by atoms with Gasteiger partial charge in [0.25, 0.3) is 0 Å². The van der Waals surface area contributed by atoms with Crippen molar-refractivity contribution in [3.8, 4) is 0 Å². The van der Waals surface area contributed by atoms with Crippen molar-refractivity contribution in [2.45, 2.75) is 18.2 Å². The number of nitrogens with zero attached hydrogens (tertiary/aromatic N) is 3. The number of alkyl halides is 1. The molecule has 88 valence electrons. The Morgan fingerprint density at radius 2 is 1.94 bits per heavy atom. The van der Waals surface area contributed by atoms with Gasteiger partial charge in [0.05, 0.1) is 16.7 Å². The average Bonchev–Trinajstić information content (AvgIpc) is 2.75. The van der Waals surface area contributed by atoms with E-state index in [0.29, 0.717) is 4.83 Å². The number of anilines is 1. The number of hydrogen-bond acceptors (Lipinski definition) is 3. The lowest BCUT2D eigenvalue weighted by Crippen LogP contribution is -2.22. The van der Waals surface area contributed by atoms with Crippen LogP contribution < -0.4 is 4.90 Å². The molecule has 0 spiro atoms. The summed E-state index contributed by atoms with van der Waals surface area (Å²) in [6.07, 6.45) is 1.17. The standard InChI is InChI=1S/C13H14BrN3/c1-9-13(17-7-6-10(14)8-17)16-12-5-3-2-4-11(12)15-9/h2-5,10H,6-8H2,1H3. The predicted molar refractivity (Wildman–Crippen MR) is 73.8 cm³/mol. The van der Waals surface area contributed by atoms with Crippen molar-refractivity contribution < 1.29 is 0 Å². The first-order valence-electron chi connectivity index (χ1n) is 5.86. The summed E-state index contributed by atoms with van der Waals surface area (Å²) >= 11 is 3.66. The van der Waals surface area contributed by atoms with Gasteiger partial charge in [0.2, 0.25) is 0 Å². The van der Waals surface area contributed by atoms with E-state index in [4.69, 9.17) is 4.98 Å². The van der Waals surface area contributed by atoms with Gasteiger partial charge < -0.3 is 4.90 Å². The van der Waals surface area contributed by atoms with E-state index in [1.807, 2.05) is 31.2 Å². The SMILES string of the molecule is Cc1nc2ccccc2nc1N1CCC(Br)C1. The maximum Gasteiger partial charge on any atom is 0.150 e. The number of aryl methyl sites for hydroxylation is 1. The van der Waals surface area contributed by atoms with E-state index in [-0.39, 0.29) is 0 Å². The zero-order valence-corrected chi connectivity index (χ0v) is 11.3. The lowest BCUT2D eigenvalue weighted by Gasteiger charge is -2.18. The summed E-state index contributed by atoms with van der Waals surface area (Å²) < 4.78 is 0. The fourth-order valence-corrected chi connectivity index (χ4v) is 2.84. The molecule has 1 unspecified atom stereocenters. The molecule has 2 aromatic rings. The highest BCUT2D eigenvalue weighted by molar-refractivity contribution is 9.09. The molecule has 0 saturated carbocycles. The molecule has 0 bridgehead atoms. The molecule has 0 aliphatic carbocycles. The molecule has 17 heavy (non-hydrogen) atoms. The van der Waals surface area contributed by atoms with Gasteiger partial charge in [0.1, 0.15) is 0 Å². The molecule has 3 nitrogen and oxygen atoms in total. The van der Waals surface area contributed by atoms with E-state index in [2.05, 4.69) is 25.8 Å². The Bertz CT molecular complexity index is 555. The average molecular weight is 292 g/mol. The van der Waals surface area contributed by atoms with E-state index >= 15 is 0 Å². The van der Waals surface area contributed by atoms with Gasteiger partial charge in [-0.3, -0.25) is 0 Å². The van der Waals surface area contributed by atoms with Gasteiger partial charge in [-0.2, -0.15) is 0 Å². The van der Waals surface area contributed by atoms with Crippen LogP contribution in [0.4, 0.5) is 5.82 Å². The Balaban J connectivity index is 2.07. The molecule has 1 aliphatic heterocycles. The Labute approximate surface area is 109 Å². The number of halogens is 1. The zero-order chi connectivity index (χ0) is 11.8. The second-order valence-corrected chi connectivity index (χ2v) is 5.75.